The molecule has 0 radical (unpaired) electrons. The minimum atomic E-state index is -0.836. The Bertz CT molecular complexity index is 1210. The fourth-order valence-electron chi connectivity index (χ4n) is 3.65. The summed E-state index contributed by atoms with van der Waals surface area (Å²) in [6.07, 6.45) is 4.13. The second kappa shape index (κ2) is 8.67. The Hall–Kier alpha value is -3.19. The number of esters is 1. The van der Waals surface area contributed by atoms with Crippen molar-refractivity contribution in [1.82, 2.24) is 10.3 Å². The lowest BCUT2D eigenvalue weighted by Gasteiger charge is -2.16. The topological polar surface area (TPSA) is 84.3 Å². The first-order valence-electron chi connectivity index (χ1n) is 9.55. The third-order valence-corrected chi connectivity index (χ3v) is 5.66. The number of aromatic nitrogens is 1. The monoisotopic (exact) mass is 422 g/mol. The zero-order chi connectivity index (χ0) is 21.1. The van der Waals surface area contributed by atoms with Gasteiger partial charge in [0.05, 0.1) is 7.11 Å². The largest absolute Gasteiger partial charge is 0.467 e. The molecule has 0 aliphatic carbocycles. The van der Waals surface area contributed by atoms with E-state index < -0.39 is 17.9 Å². The van der Waals surface area contributed by atoms with Crippen LogP contribution in [0.4, 0.5) is 0 Å². The number of para-hydroxylation sites is 2. The summed E-state index contributed by atoms with van der Waals surface area (Å²) in [7, 11) is 1.32. The van der Waals surface area contributed by atoms with Gasteiger partial charge >= 0.3 is 5.97 Å². The number of furan rings is 1. The lowest BCUT2D eigenvalue weighted by atomic mass is 10.0. The summed E-state index contributed by atoms with van der Waals surface area (Å²) < 4.78 is 10.8. The second-order valence-corrected chi connectivity index (χ2v) is 7.82. The van der Waals surface area contributed by atoms with Gasteiger partial charge in [0.1, 0.15) is 11.6 Å². The molecule has 0 saturated heterocycles. The van der Waals surface area contributed by atoms with Gasteiger partial charge in [0, 0.05) is 40.2 Å². The van der Waals surface area contributed by atoms with Crippen LogP contribution >= 0.6 is 11.8 Å². The van der Waals surface area contributed by atoms with Crippen LogP contribution in [-0.4, -0.2) is 36.3 Å². The number of thioether (sulfide) groups is 1. The van der Waals surface area contributed by atoms with Crippen LogP contribution in [0, 0.1) is 0 Å². The average molecular weight is 423 g/mol. The molecule has 1 amide bonds. The maximum Gasteiger partial charge on any atom is 0.328 e. The zero-order valence-corrected chi connectivity index (χ0v) is 17.5. The molecule has 7 heteroatoms. The van der Waals surface area contributed by atoms with Gasteiger partial charge in [0.25, 0.3) is 5.91 Å². The number of H-pyrrole nitrogens is 1. The minimum absolute atomic E-state index is 0.235. The van der Waals surface area contributed by atoms with Gasteiger partial charge < -0.3 is 19.5 Å². The molecule has 0 bridgehead atoms. The summed E-state index contributed by atoms with van der Waals surface area (Å²) in [5, 5.41) is 4.73. The van der Waals surface area contributed by atoms with E-state index in [1.165, 1.54) is 7.11 Å². The molecule has 6 nitrogen and oxygen atoms in total. The van der Waals surface area contributed by atoms with Gasteiger partial charge in [-0.2, -0.15) is 11.8 Å². The molecule has 4 aromatic rings. The second-order valence-electron chi connectivity index (χ2n) is 6.95. The molecule has 2 heterocycles. The van der Waals surface area contributed by atoms with E-state index in [9.17, 15) is 9.59 Å². The summed E-state index contributed by atoms with van der Waals surface area (Å²) in [6, 6.07) is 14.5. The van der Waals surface area contributed by atoms with Gasteiger partial charge in [-0.3, -0.25) is 4.79 Å². The van der Waals surface area contributed by atoms with Crippen molar-refractivity contribution in [3.8, 4) is 0 Å². The van der Waals surface area contributed by atoms with Crippen LogP contribution in [0.15, 0.2) is 59.1 Å². The molecule has 0 saturated carbocycles. The van der Waals surface area contributed by atoms with Crippen LogP contribution in [0.2, 0.25) is 0 Å². The first kappa shape index (κ1) is 20.1. The number of amides is 1. The van der Waals surface area contributed by atoms with E-state index in [-0.39, 0.29) is 5.76 Å². The number of aromatic amines is 1. The van der Waals surface area contributed by atoms with Gasteiger partial charge in [-0.15, -0.1) is 0 Å². The Kier molecular flexibility index (Phi) is 5.81. The van der Waals surface area contributed by atoms with Crippen molar-refractivity contribution in [3.05, 3.63) is 71.6 Å². The molecule has 4 rings (SSSR count). The molecular formula is C23H22N2O4S. The normalized spacial score (nSPS) is 12.2. The molecule has 154 valence electrons. The highest BCUT2D eigenvalue weighted by Crippen LogP contribution is 2.29. The van der Waals surface area contributed by atoms with E-state index in [1.54, 1.807) is 11.8 Å². The number of nitrogens with one attached hydrogen (secondary N) is 2. The first-order valence-corrected chi connectivity index (χ1v) is 10.9. The van der Waals surface area contributed by atoms with E-state index in [2.05, 4.69) is 10.3 Å². The Morgan fingerprint density at radius 2 is 1.87 bits per heavy atom. The number of fused-ring (bicyclic) bond motifs is 2. The number of rotatable bonds is 7. The summed E-state index contributed by atoms with van der Waals surface area (Å²) in [6.45, 7) is 0. The van der Waals surface area contributed by atoms with E-state index in [4.69, 9.17) is 9.15 Å². The number of hydrogen-bond donors (Lipinski definition) is 2. The lowest BCUT2D eigenvalue weighted by Crippen LogP contribution is -2.43. The van der Waals surface area contributed by atoms with Crippen molar-refractivity contribution in [2.24, 2.45) is 0 Å². The van der Waals surface area contributed by atoms with E-state index in [1.807, 2.05) is 61.0 Å². The Morgan fingerprint density at radius 1 is 1.13 bits per heavy atom. The highest BCUT2D eigenvalue weighted by atomic mass is 32.2. The summed E-state index contributed by atoms with van der Waals surface area (Å²) >= 11 is 1.60. The predicted octanol–water partition coefficient (Wildman–Crippen LogP) is 4.29. The summed E-state index contributed by atoms with van der Waals surface area (Å²) in [5.74, 6) is -0.0644. The predicted molar refractivity (Wildman–Crippen MR) is 119 cm³/mol. The molecule has 1 atom stereocenters. The standard InChI is InChI=1S/C23H22N2O4S/c1-28-23(27)19(11-14-12-24-18-9-5-3-7-15(14)18)25-22(26)21-17(13-30-2)16-8-4-6-10-20(16)29-21/h3-10,12,19,24H,11,13H2,1-2H3,(H,25,26)/t19-/m0/s1. The van der Waals surface area contributed by atoms with E-state index in [0.29, 0.717) is 17.8 Å². The number of benzene rings is 2. The summed E-state index contributed by atoms with van der Waals surface area (Å²) in [4.78, 5) is 28.7. The molecule has 0 unspecified atom stereocenters. The summed E-state index contributed by atoms with van der Waals surface area (Å²) in [5.41, 5.74) is 3.38. The maximum absolute atomic E-state index is 13.1. The van der Waals surface area contributed by atoms with Crippen LogP contribution in [-0.2, 0) is 21.7 Å². The van der Waals surface area contributed by atoms with Crippen LogP contribution in [0.5, 0.6) is 0 Å². The average Bonchev–Trinajstić information content (AvgIpc) is 3.35. The number of ether oxygens (including phenoxy) is 1. The van der Waals surface area contributed by atoms with E-state index in [0.717, 1.165) is 27.4 Å². The molecule has 2 aromatic carbocycles. The van der Waals surface area contributed by atoms with Crippen molar-refractivity contribution >= 4 is 45.5 Å². The van der Waals surface area contributed by atoms with Crippen LogP contribution in [0.3, 0.4) is 0 Å². The van der Waals surface area contributed by atoms with Gasteiger partial charge in [-0.25, -0.2) is 4.79 Å². The molecule has 2 aromatic heterocycles. The highest BCUT2D eigenvalue weighted by Gasteiger charge is 2.27. The zero-order valence-electron chi connectivity index (χ0n) is 16.7. The van der Waals surface area contributed by atoms with E-state index >= 15 is 0 Å². The fourth-order valence-corrected chi connectivity index (χ4v) is 4.22. The van der Waals surface area contributed by atoms with Crippen molar-refractivity contribution < 1.29 is 18.7 Å². The Morgan fingerprint density at radius 3 is 2.63 bits per heavy atom. The molecule has 0 spiro atoms. The number of carbonyl (C=O) groups excluding carboxylic acids is 2. The number of hydrogen-bond acceptors (Lipinski definition) is 5. The van der Waals surface area contributed by atoms with Gasteiger partial charge in [0.2, 0.25) is 0 Å². The number of carbonyl (C=O) groups is 2. The molecule has 0 aliphatic heterocycles. The quantitative estimate of drug-likeness (QED) is 0.434. The maximum atomic E-state index is 13.1. The van der Waals surface area contributed by atoms with Gasteiger partial charge in [0.15, 0.2) is 5.76 Å². The molecule has 2 N–H and O–H groups in total. The first-order chi connectivity index (χ1) is 14.6. The molecular weight excluding hydrogens is 400 g/mol. The highest BCUT2D eigenvalue weighted by molar-refractivity contribution is 7.97. The third kappa shape index (κ3) is 3.80. The molecule has 0 aliphatic rings. The minimum Gasteiger partial charge on any atom is -0.467 e. The van der Waals surface area contributed by atoms with Crippen LogP contribution in [0.25, 0.3) is 21.9 Å². The third-order valence-electron chi connectivity index (χ3n) is 5.08. The van der Waals surface area contributed by atoms with Crippen molar-refractivity contribution in [2.45, 2.75) is 18.2 Å². The van der Waals surface area contributed by atoms with Crippen molar-refractivity contribution in [3.63, 3.8) is 0 Å². The fraction of sp³-hybridized carbons (Fsp3) is 0.217. The van der Waals surface area contributed by atoms with Crippen LogP contribution in [0.1, 0.15) is 21.7 Å². The van der Waals surface area contributed by atoms with Crippen LogP contribution < -0.4 is 5.32 Å². The lowest BCUT2D eigenvalue weighted by molar-refractivity contribution is -0.142. The smallest absolute Gasteiger partial charge is 0.328 e. The Labute approximate surface area is 178 Å². The molecule has 30 heavy (non-hydrogen) atoms. The Balaban J connectivity index is 1.64. The number of methoxy groups -OCH3 is 1. The van der Waals surface area contributed by atoms with Gasteiger partial charge in [-0.05, 0) is 24.0 Å². The van der Waals surface area contributed by atoms with Gasteiger partial charge in [-0.1, -0.05) is 36.4 Å². The van der Waals surface area contributed by atoms with Crippen molar-refractivity contribution in [1.29, 1.82) is 0 Å². The molecule has 0 fully saturated rings. The van der Waals surface area contributed by atoms with Crippen molar-refractivity contribution in [2.75, 3.05) is 13.4 Å². The SMILES string of the molecule is COC(=O)[C@H](Cc1c[nH]c2ccccc12)NC(=O)c1oc2ccccc2c1CSC.